The van der Waals surface area contributed by atoms with Crippen molar-refractivity contribution < 1.29 is 4.74 Å². The van der Waals surface area contributed by atoms with Crippen LogP contribution < -0.4 is 10.5 Å². The minimum atomic E-state index is 0.130. The van der Waals surface area contributed by atoms with Gasteiger partial charge in [0.1, 0.15) is 5.75 Å². The molecule has 2 aromatic rings. The second-order valence-corrected chi connectivity index (χ2v) is 5.88. The Labute approximate surface area is 128 Å². The molecule has 0 aliphatic carbocycles. The Bertz CT molecular complexity index is 565. The van der Waals surface area contributed by atoms with Gasteiger partial charge in [-0.25, -0.2) is 0 Å². The second kappa shape index (κ2) is 6.95. The number of rotatable bonds is 6. The van der Waals surface area contributed by atoms with Crippen LogP contribution >= 0.6 is 15.9 Å². The van der Waals surface area contributed by atoms with E-state index < -0.39 is 0 Å². The molecule has 0 amide bonds. The molecule has 108 valence electrons. The van der Waals surface area contributed by atoms with Gasteiger partial charge in [-0.3, -0.25) is 0 Å². The van der Waals surface area contributed by atoms with Gasteiger partial charge >= 0.3 is 0 Å². The third-order valence-corrected chi connectivity index (χ3v) is 3.89. The summed E-state index contributed by atoms with van der Waals surface area (Å²) in [4.78, 5) is 0. The zero-order chi connectivity index (χ0) is 14.5. The van der Waals surface area contributed by atoms with E-state index in [9.17, 15) is 0 Å². The number of benzene rings is 1. The van der Waals surface area contributed by atoms with Crippen molar-refractivity contribution in [2.24, 2.45) is 5.73 Å². The molecule has 0 saturated heterocycles. The number of methoxy groups -OCH3 is 1. The van der Waals surface area contributed by atoms with Crippen molar-refractivity contribution in [2.75, 3.05) is 7.11 Å². The van der Waals surface area contributed by atoms with E-state index in [0.29, 0.717) is 0 Å². The molecule has 20 heavy (non-hydrogen) atoms. The Morgan fingerprint density at radius 3 is 2.85 bits per heavy atom. The highest BCUT2D eigenvalue weighted by atomic mass is 79.9. The van der Waals surface area contributed by atoms with Crippen molar-refractivity contribution in [3.63, 3.8) is 0 Å². The Hall–Kier alpha value is -1.26. The monoisotopic (exact) mass is 336 g/mol. The number of nitrogens with zero attached hydrogens (tertiary/aromatic N) is 1. The third kappa shape index (κ3) is 3.64. The lowest BCUT2D eigenvalue weighted by atomic mass is 10.1. The summed E-state index contributed by atoms with van der Waals surface area (Å²) in [6.07, 6.45) is 6.32. The molecule has 0 saturated carbocycles. The average molecular weight is 337 g/mol. The molecule has 2 N–H and O–H groups in total. The molecule has 1 heterocycles. The fraction of sp³-hybridized carbons (Fsp3) is 0.375. The Kier molecular flexibility index (Phi) is 5.26. The summed E-state index contributed by atoms with van der Waals surface area (Å²) in [6.45, 7) is 2.94. The van der Waals surface area contributed by atoms with Gasteiger partial charge < -0.3 is 15.0 Å². The SMILES string of the molecule is CCCC(N)c1ccn(Cc2cc(Br)ccc2OC)c1. The highest BCUT2D eigenvalue weighted by Crippen LogP contribution is 2.24. The highest BCUT2D eigenvalue weighted by molar-refractivity contribution is 9.10. The van der Waals surface area contributed by atoms with Crippen LogP contribution in [0, 0.1) is 0 Å². The molecule has 1 aromatic carbocycles. The van der Waals surface area contributed by atoms with Crippen LogP contribution in [0.4, 0.5) is 0 Å². The Balaban J connectivity index is 2.16. The molecule has 0 aliphatic rings. The van der Waals surface area contributed by atoms with Gasteiger partial charge in [0, 0.05) is 28.5 Å². The lowest BCUT2D eigenvalue weighted by Gasteiger charge is -2.10. The van der Waals surface area contributed by atoms with E-state index in [4.69, 9.17) is 10.5 Å². The van der Waals surface area contributed by atoms with E-state index in [0.717, 1.165) is 35.2 Å². The van der Waals surface area contributed by atoms with Gasteiger partial charge in [0.25, 0.3) is 0 Å². The first-order chi connectivity index (χ1) is 9.63. The largest absolute Gasteiger partial charge is 0.496 e. The number of aromatic nitrogens is 1. The predicted octanol–water partition coefficient (Wildman–Crippen LogP) is 4.11. The van der Waals surface area contributed by atoms with Crippen LogP contribution in [0.3, 0.4) is 0 Å². The van der Waals surface area contributed by atoms with Crippen LogP contribution in [0.1, 0.15) is 36.9 Å². The van der Waals surface area contributed by atoms with Gasteiger partial charge in [-0.15, -0.1) is 0 Å². The highest BCUT2D eigenvalue weighted by Gasteiger charge is 2.08. The van der Waals surface area contributed by atoms with Crippen molar-refractivity contribution in [1.82, 2.24) is 4.57 Å². The molecule has 0 fully saturated rings. The molecule has 0 radical (unpaired) electrons. The lowest BCUT2D eigenvalue weighted by Crippen LogP contribution is -2.08. The van der Waals surface area contributed by atoms with Crippen LogP contribution in [-0.4, -0.2) is 11.7 Å². The molecule has 2 rings (SSSR count). The molecule has 0 spiro atoms. The topological polar surface area (TPSA) is 40.2 Å². The number of hydrogen-bond acceptors (Lipinski definition) is 2. The van der Waals surface area contributed by atoms with E-state index in [1.165, 1.54) is 5.56 Å². The summed E-state index contributed by atoms with van der Waals surface area (Å²) < 4.78 is 8.61. The fourth-order valence-corrected chi connectivity index (χ4v) is 2.73. The quantitative estimate of drug-likeness (QED) is 0.862. The van der Waals surface area contributed by atoms with Gasteiger partial charge in [0.05, 0.1) is 13.7 Å². The summed E-state index contributed by atoms with van der Waals surface area (Å²) >= 11 is 3.50. The number of halogens is 1. The zero-order valence-corrected chi connectivity index (χ0v) is 13.6. The number of hydrogen-bond donors (Lipinski definition) is 1. The molecular formula is C16H21BrN2O. The summed E-state index contributed by atoms with van der Waals surface area (Å²) in [5.41, 5.74) is 8.49. The Morgan fingerprint density at radius 1 is 1.35 bits per heavy atom. The molecule has 3 nitrogen and oxygen atoms in total. The standard InChI is InChI=1S/C16H21BrN2O/c1-3-4-15(18)12-7-8-19(10-12)11-13-9-14(17)5-6-16(13)20-2/h5-10,15H,3-4,11,18H2,1-2H3. The van der Waals surface area contributed by atoms with E-state index in [2.05, 4.69) is 51.9 Å². The molecule has 1 aromatic heterocycles. The number of nitrogens with two attached hydrogens (primary N) is 1. The van der Waals surface area contributed by atoms with Gasteiger partial charge in [0.2, 0.25) is 0 Å². The second-order valence-electron chi connectivity index (χ2n) is 4.97. The van der Waals surface area contributed by atoms with E-state index >= 15 is 0 Å². The average Bonchev–Trinajstić information content (AvgIpc) is 2.88. The van der Waals surface area contributed by atoms with Gasteiger partial charge in [-0.05, 0) is 36.2 Å². The van der Waals surface area contributed by atoms with E-state index in [-0.39, 0.29) is 6.04 Å². The maximum absolute atomic E-state index is 6.15. The first-order valence-electron chi connectivity index (χ1n) is 6.87. The van der Waals surface area contributed by atoms with Crippen LogP contribution in [0.15, 0.2) is 41.1 Å². The maximum Gasteiger partial charge on any atom is 0.123 e. The van der Waals surface area contributed by atoms with Crippen molar-refractivity contribution in [3.8, 4) is 5.75 Å². The van der Waals surface area contributed by atoms with Crippen molar-refractivity contribution in [3.05, 3.63) is 52.3 Å². The first-order valence-corrected chi connectivity index (χ1v) is 7.67. The van der Waals surface area contributed by atoms with E-state index in [1.807, 2.05) is 12.1 Å². The van der Waals surface area contributed by atoms with Crippen molar-refractivity contribution in [1.29, 1.82) is 0 Å². The minimum Gasteiger partial charge on any atom is -0.496 e. The van der Waals surface area contributed by atoms with Gasteiger partial charge in [-0.1, -0.05) is 29.3 Å². The van der Waals surface area contributed by atoms with Gasteiger partial charge in [0.15, 0.2) is 0 Å². The summed E-state index contributed by atoms with van der Waals surface area (Å²) in [7, 11) is 1.70. The number of ether oxygens (including phenoxy) is 1. The predicted molar refractivity (Wildman–Crippen MR) is 86.1 cm³/mol. The van der Waals surface area contributed by atoms with Crippen LogP contribution in [0.5, 0.6) is 5.75 Å². The summed E-state index contributed by atoms with van der Waals surface area (Å²) in [6, 6.07) is 8.29. The summed E-state index contributed by atoms with van der Waals surface area (Å²) in [5, 5.41) is 0. The smallest absolute Gasteiger partial charge is 0.123 e. The Morgan fingerprint density at radius 2 is 2.15 bits per heavy atom. The van der Waals surface area contributed by atoms with Crippen molar-refractivity contribution in [2.45, 2.75) is 32.4 Å². The zero-order valence-electron chi connectivity index (χ0n) is 12.0. The minimum absolute atomic E-state index is 0.130. The van der Waals surface area contributed by atoms with Crippen molar-refractivity contribution >= 4 is 15.9 Å². The molecule has 0 aliphatic heterocycles. The van der Waals surface area contributed by atoms with Crippen LogP contribution in [-0.2, 0) is 6.54 Å². The molecular weight excluding hydrogens is 316 g/mol. The summed E-state index contributed by atoms with van der Waals surface area (Å²) in [5.74, 6) is 0.904. The lowest BCUT2D eigenvalue weighted by molar-refractivity contribution is 0.408. The molecule has 1 unspecified atom stereocenters. The molecule has 1 atom stereocenters. The normalized spacial score (nSPS) is 12.4. The van der Waals surface area contributed by atoms with Crippen LogP contribution in [0.25, 0.3) is 0 Å². The fourth-order valence-electron chi connectivity index (χ4n) is 2.32. The van der Waals surface area contributed by atoms with E-state index in [1.54, 1.807) is 7.11 Å². The maximum atomic E-state index is 6.15. The molecule has 4 heteroatoms. The third-order valence-electron chi connectivity index (χ3n) is 3.40. The van der Waals surface area contributed by atoms with Gasteiger partial charge in [-0.2, -0.15) is 0 Å². The van der Waals surface area contributed by atoms with Crippen LogP contribution in [0.2, 0.25) is 0 Å². The first kappa shape index (κ1) is 15.1. The molecule has 0 bridgehead atoms.